The van der Waals surface area contributed by atoms with E-state index in [9.17, 15) is 13.6 Å². The zero-order valence-corrected chi connectivity index (χ0v) is 14.0. The molecular weight excluding hydrogens is 328 g/mol. The van der Waals surface area contributed by atoms with Crippen molar-refractivity contribution in [1.29, 1.82) is 0 Å². The summed E-state index contributed by atoms with van der Waals surface area (Å²) in [6, 6.07) is 12.2. The topological polar surface area (TPSA) is 47.6 Å². The van der Waals surface area contributed by atoms with Gasteiger partial charge in [-0.2, -0.15) is 8.78 Å². The minimum absolute atomic E-state index is 0.114. The minimum atomic E-state index is -2.99. The van der Waals surface area contributed by atoms with Gasteiger partial charge >= 0.3 is 6.61 Å². The van der Waals surface area contributed by atoms with Crippen LogP contribution in [0.25, 0.3) is 6.08 Å². The maximum atomic E-state index is 12.6. The van der Waals surface area contributed by atoms with Crippen LogP contribution in [0.5, 0.6) is 11.5 Å². The van der Waals surface area contributed by atoms with E-state index in [1.165, 1.54) is 25.3 Å². The SMILES string of the molecule is CCc1cccc(NC(=O)/C=C/c2cccc(OC)c2OC(F)F)c1. The Kier molecular flexibility index (Phi) is 6.51. The molecule has 0 saturated carbocycles. The highest BCUT2D eigenvalue weighted by atomic mass is 19.3. The summed E-state index contributed by atoms with van der Waals surface area (Å²) in [5.41, 5.74) is 2.09. The number of alkyl halides is 2. The number of halogens is 2. The van der Waals surface area contributed by atoms with Gasteiger partial charge in [0.25, 0.3) is 0 Å². The second-order valence-corrected chi connectivity index (χ2v) is 5.13. The largest absolute Gasteiger partial charge is 0.493 e. The fourth-order valence-corrected chi connectivity index (χ4v) is 2.26. The first-order valence-electron chi connectivity index (χ1n) is 7.73. The highest BCUT2D eigenvalue weighted by Gasteiger charge is 2.14. The molecule has 6 heteroatoms. The molecule has 132 valence electrons. The zero-order valence-electron chi connectivity index (χ0n) is 14.0. The number of para-hydroxylation sites is 1. The van der Waals surface area contributed by atoms with E-state index >= 15 is 0 Å². The van der Waals surface area contributed by atoms with Crippen molar-refractivity contribution in [3.05, 3.63) is 59.7 Å². The Bertz CT molecular complexity index is 760. The Morgan fingerprint density at radius 1 is 1.24 bits per heavy atom. The van der Waals surface area contributed by atoms with Gasteiger partial charge in [-0.3, -0.25) is 4.79 Å². The lowest BCUT2D eigenvalue weighted by Gasteiger charge is -2.12. The van der Waals surface area contributed by atoms with Crippen LogP contribution in [0, 0.1) is 0 Å². The minimum Gasteiger partial charge on any atom is -0.493 e. The molecule has 0 heterocycles. The molecule has 2 rings (SSSR count). The smallest absolute Gasteiger partial charge is 0.387 e. The number of nitrogens with one attached hydrogen (secondary N) is 1. The molecule has 2 aromatic carbocycles. The molecule has 0 atom stereocenters. The van der Waals surface area contributed by atoms with Crippen LogP contribution in [0.15, 0.2) is 48.5 Å². The molecule has 0 radical (unpaired) electrons. The van der Waals surface area contributed by atoms with Crippen molar-refractivity contribution in [2.45, 2.75) is 20.0 Å². The molecule has 0 saturated heterocycles. The number of benzene rings is 2. The summed E-state index contributed by atoms with van der Waals surface area (Å²) in [6.45, 7) is -0.970. The van der Waals surface area contributed by atoms with Gasteiger partial charge in [-0.15, -0.1) is 0 Å². The zero-order chi connectivity index (χ0) is 18.2. The summed E-state index contributed by atoms with van der Waals surface area (Å²) in [7, 11) is 1.36. The second kappa shape index (κ2) is 8.82. The Balaban J connectivity index is 2.16. The first kappa shape index (κ1) is 18.4. The van der Waals surface area contributed by atoms with Gasteiger partial charge in [-0.05, 0) is 36.3 Å². The molecule has 0 unspecified atom stereocenters. The molecule has 0 aliphatic heterocycles. The molecule has 1 N–H and O–H groups in total. The van der Waals surface area contributed by atoms with Crippen molar-refractivity contribution < 1.29 is 23.0 Å². The van der Waals surface area contributed by atoms with Gasteiger partial charge in [0.1, 0.15) is 0 Å². The summed E-state index contributed by atoms with van der Waals surface area (Å²) in [4.78, 5) is 12.1. The predicted molar refractivity (Wildman–Crippen MR) is 93.1 cm³/mol. The molecule has 4 nitrogen and oxygen atoms in total. The van der Waals surface area contributed by atoms with Crippen LogP contribution >= 0.6 is 0 Å². The molecule has 2 aromatic rings. The third kappa shape index (κ3) is 5.31. The summed E-state index contributed by atoms with van der Waals surface area (Å²) < 4.78 is 34.7. The molecule has 0 spiro atoms. The number of ether oxygens (including phenoxy) is 2. The first-order chi connectivity index (χ1) is 12.0. The van der Waals surface area contributed by atoms with E-state index in [1.54, 1.807) is 18.2 Å². The third-order valence-corrected chi connectivity index (χ3v) is 3.45. The number of anilines is 1. The Morgan fingerprint density at radius 3 is 2.68 bits per heavy atom. The maximum Gasteiger partial charge on any atom is 0.387 e. The monoisotopic (exact) mass is 347 g/mol. The van der Waals surface area contributed by atoms with Crippen LogP contribution < -0.4 is 14.8 Å². The molecule has 0 aliphatic carbocycles. The second-order valence-electron chi connectivity index (χ2n) is 5.13. The number of hydrogen-bond acceptors (Lipinski definition) is 3. The number of carbonyl (C=O) groups is 1. The van der Waals surface area contributed by atoms with Gasteiger partial charge in [0.15, 0.2) is 11.5 Å². The summed E-state index contributed by atoms with van der Waals surface area (Å²) in [5.74, 6) is -0.324. The maximum absolute atomic E-state index is 12.6. The summed E-state index contributed by atoms with van der Waals surface area (Å²) in [6.07, 6.45) is 3.52. The quantitative estimate of drug-likeness (QED) is 0.750. The van der Waals surface area contributed by atoms with E-state index in [-0.39, 0.29) is 17.4 Å². The molecule has 0 bridgehead atoms. The molecule has 0 aliphatic rings. The van der Waals surface area contributed by atoms with E-state index < -0.39 is 6.61 Å². The van der Waals surface area contributed by atoms with Crippen LogP contribution in [0.3, 0.4) is 0 Å². The van der Waals surface area contributed by atoms with Gasteiger partial charge < -0.3 is 14.8 Å². The highest BCUT2D eigenvalue weighted by Crippen LogP contribution is 2.33. The molecule has 0 aromatic heterocycles. The summed E-state index contributed by atoms with van der Waals surface area (Å²) in [5, 5.41) is 2.73. The number of carbonyl (C=O) groups excluding carboxylic acids is 1. The van der Waals surface area contributed by atoms with Gasteiger partial charge in [0.2, 0.25) is 5.91 Å². The average molecular weight is 347 g/mol. The van der Waals surface area contributed by atoms with E-state index in [2.05, 4.69) is 10.1 Å². The highest BCUT2D eigenvalue weighted by molar-refractivity contribution is 6.02. The van der Waals surface area contributed by atoms with E-state index in [1.807, 2.05) is 25.1 Å². The normalized spacial score (nSPS) is 10.9. The van der Waals surface area contributed by atoms with Gasteiger partial charge in [0, 0.05) is 17.3 Å². The Labute approximate surface area is 145 Å². The van der Waals surface area contributed by atoms with E-state index in [0.717, 1.165) is 12.0 Å². The van der Waals surface area contributed by atoms with Crippen molar-refractivity contribution in [2.75, 3.05) is 12.4 Å². The Hall–Kier alpha value is -2.89. The molecule has 1 amide bonds. The van der Waals surface area contributed by atoms with Crippen LogP contribution in [0.2, 0.25) is 0 Å². The molecule has 25 heavy (non-hydrogen) atoms. The number of aryl methyl sites for hydroxylation is 1. The van der Waals surface area contributed by atoms with Crippen LogP contribution in [0.1, 0.15) is 18.1 Å². The number of amides is 1. The fourth-order valence-electron chi connectivity index (χ4n) is 2.26. The lowest BCUT2D eigenvalue weighted by atomic mass is 10.1. The standard InChI is InChI=1S/C19H19F2NO3/c1-3-13-6-4-8-15(12-13)22-17(23)11-10-14-7-5-9-16(24-2)18(14)25-19(20)21/h4-12,19H,3H2,1-2H3,(H,22,23)/b11-10+. The number of rotatable bonds is 7. The lowest BCUT2D eigenvalue weighted by molar-refractivity contribution is -0.111. The van der Waals surface area contributed by atoms with Gasteiger partial charge in [-0.25, -0.2) is 0 Å². The van der Waals surface area contributed by atoms with E-state index in [0.29, 0.717) is 11.3 Å². The predicted octanol–water partition coefficient (Wildman–Crippen LogP) is 4.51. The lowest BCUT2D eigenvalue weighted by Crippen LogP contribution is -2.08. The van der Waals surface area contributed by atoms with Crippen molar-refractivity contribution in [3.8, 4) is 11.5 Å². The molecular formula is C19H19F2NO3. The van der Waals surface area contributed by atoms with Gasteiger partial charge in [0.05, 0.1) is 7.11 Å². The van der Waals surface area contributed by atoms with Gasteiger partial charge in [-0.1, -0.05) is 31.2 Å². The summed E-state index contributed by atoms with van der Waals surface area (Å²) >= 11 is 0. The Morgan fingerprint density at radius 2 is 2.00 bits per heavy atom. The van der Waals surface area contributed by atoms with Crippen LogP contribution in [-0.4, -0.2) is 19.6 Å². The number of hydrogen-bond donors (Lipinski definition) is 1. The first-order valence-corrected chi connectivity index (χ1v) is 7.73. The third-order valence-electron chi connectivity index (χ3n) is 3.45. The van der Waals surface area contributed by atoms with Crippen LogP contribution in [0.4, 0.5) is 14.5 Å². The van der Waals surface area contributed by atoms with Crippen LogP contribution in [-0.2, 0) is 11.2 Å². The van der Waals surface area contributed by atoms with Crippen molar-refractivity contribution >= 4 is 17.7 Å². The van der Waals surface area contributed by atoms with Crippen molar-refractivity contribution in [3.63, 3.8) is 0 Å². The fraction of sp³-hybridized carbons (Fsp3) is 0.211. The number of methoxy groups -OCH3 is 1. The average Bonchev–Trinajstić information content (AvgIpc) is 2.60. The van der Waals surface area contributed by atoms with Crippen molar-refractivity contribution in [2.24, 2.45) is 0 Å². The van der Waals surface area contributed by atoms with E-state index in [4.69, 9.17) is 4.74 Å². The molecule has 0 fully saturated rings. The van der Waals surface area contributed by atoms with Crippen molar-refractivity contribution in [1.82, 2.24) is 0 Å².